The topological polar surface area (TPSA) is 55.8 Å². The second-order valence-corrected chi connectivity index (χ2v) is 7.76. The Labute approximate surface area is 151 Å². The van der Waals surface area contributed by atoms with E-state index in [-0.39, 0.29) is 6.54 Å². The number of ether oxygens (including phenoxy) is 2. The summed E-state index contributed by atoms with van der Waals surface area (Å²) in [6.07, 6.45) is 1.08. The molecule has 3 rings (SSSR count). The lowest BCUT2D eigenvalue weighted by molar-refractivity contribution is 0.359. The number of halogens is 2. The van der Waals surface area contributed by atoms with Crippen molar-refractivity contribution < 1.29 is 26.7 Å². The Morgan fingerprint density at radius 2 is 1.77 bits per heavy atom. The highest BCUT2D eigenvalue weighted by molar-refractivity contribution is 7.89. The maximum Gasteiger partial charge on any atom is 0.249 e. The molecular weight excluding hydrogens is 364 g/mol. The number of hydrogen-bond acceptors (Lipinski definition) is 4. The lowest BCUT2D eigenvalue weighted by atomic mass is 10.0. The third kappa shape index (κ3) is 3.14. The molecule has 1 fully saturated rings. The molecule has 0 bridgehead atoms. The first-order chi connectivity index (χ1) is 12.4. The van der Waals surface area contributed by atoms with Gasteiger partial charge in [0.1, 0.15) is 23.1 Å². The lowest BCUT2D eigenvalue weighted by Gasteiger charge is -2.26. The number of benzene rings is 2. The van der Waals surface area contributed by atoms with E-state index in [0.29, 0.717) is 29.9 Å². The van der Waals surface area contributed by atoms with Crippen LogP contribution in [-0.4, -0.2) is 33.5 Å². The summed E-state index contributed by atoms with van der Waals surface area (Å²) in [7, 11) is -1.37. The minimum Gasteiger partial charge on any atom is -0.497 e. The highest BCUT2D eigenvalue weighted by Crippen LogP contribution is 2.42. The van der Waals surface area contributed by atoms with Crippen LogP contribution in [0.15, 0.2) is 41.3 Å². The van der Waals surface area contributed by atoms with Crippen molar-refractivity contribution >= 4 is 10.0 Å². The van der Waals surface area contributed by atoms with E-state index in [0.717, 1.165) is 22.5 Å². The van der Waals surface area contributed by atoms with Crippen LogP contribution < -0.4 is 9.47 Å². The van der Waals surface area contributed by atoms with Gasteiger partial charge in [0.15, 0.2) is 4.90 Å². The summed E-state index contributed by atoms with van der Waals surface area (Å²) in [4.78, 5) is -0.922. The van der Waals surface area contributed by atoms with Gasteiger partial charge in [-0.15, -0.1) is 0 Å². The van der Waals surface area contributed by atoms with Gasteiger partial charge in [-0.1, -0.05) is 6.07 Å². The maximum absolute atomic E-state index is 14.1. The Kier molecular flexibility index (Phi) is 5.15. The minimum absolute atomic E-state index is 0.168. The molecule has 0 amide bonds. The number of nitrogens with zero attached hydrogens (tertiary/aromatic N) is 1. The van der Waals surface area contributed by atoms with E-state index in [2.05, 4.69) is 0 Å². The van der Waals surface area contributed by atoms with E-state index >= 15 is 0 Å². The Morgan fingerprint density at radius 1 is 1.08 bits per heavy atom. The fourth-order valence-electron chi connectivity index (χ4n) is 3.28. The zero-order valence-corrected chi connectivity index (χ0v) is 15.2. The third-order valence-electron chi connectivity index (χ3n) is 4.49. The van der Waals surface area contributed by atoms with Crippen LogP contribution in [0.25, 0.3) is 0 Å². The van der Waals surface area contributed by atoms with Crippen LogP contribution in [0.3, 0.4) is 0 Å². The molecule has 0 saturated carbocycles. The Balaban J connectivity index is 2.09. The predicted octanol–water partition coefficient (Wildman–Crippen LogP) is 3.51. The molecule has 26 heavy (non-hydrogen) atoms. The second-order valence-electron chi connectivity index (χ2n) is 5.93. The van der Waals surface area contributed by atoms with Crippen molar-refractivity contribution in [3.63, 3.8) is 0 Å². The highest BCUT2D eigenvalue weighted by Gasteiger charge is 2.40. The molecule has 0 N–H and O–H groups in total. The molecule has 0 aliphatic carbocycles. The summed E-state index contributed by atoms with van der Waals surface area (Å²) in [6, 6.07) is 7.49. The Bertz CT molecular complexity index is 897. The average molecular weight is 383 g/mol. The van der Waals surface area contributed by atoms with Crippen molar-refractivity contribution in [1.82, 2.24) is 4.31 Å². The highest BCUT2D eigenvalue weighted by atomic mass is 32.2. The molecule has 8 heteroatoms. The zero-order chi connectivity index (χ0) is 18.9. The Morgan fingerprint density at radius 3 is 2.38 bits per heavy atom. The van der Waals surface area contributed by atoms with Crippen molar-refractivity contribution in [2.45, 2.75) is 23.8 Å². The molecule has 0 spiro atoms. The van der Waals surface area contributed by atoms with E-state index in [9.17, 15) is 17.2 Å². The number of methoxy groups -OCH3 is 2. The zero-order valence-electron chi connectivity index (χ0n) is 14.4. The van der Waals surface area contributed by atoms with E-state index in [1.165, 1.54) is 14.2 Å². The maximum atomic E-state index is 14.1. The monoisotopic (exact) mass is 383 g/mol. The van der Waals surface area contributed by atoms with Gasteiger partial charge in [-0.3, -0.25) is 0 Å². The molecule has 1 atom stereocenters. The van der Waals surface area contributed by atoms with Crippen molar-refractivity contribution in [2.24, 2.45) is 0 Å². The molecule has 0 unspecified atom stereocenters. The molecule has 1 saturated heterocycles. The summed E-state index contributed by atoms with van der Waals surface area (Å²) in [5.41, 5.74) is 0.602. The molecule has 2 aromatic carbocycles. The van der Waals surface area contributed by atoms with Gasteiger partial charge in [-0.25, -0.2) is 17.2 Å². The fraction of sp³-hybridized carbons (Fsp3) is 0.333. The minimum atomic E-state index is -4.35. The molecule has 0 radical (unpaired) electrons. The molecule has 1 heterocycles. The molecule has 140 valence electrons. The first-order valence-corrected chi connectivity index (χ1v) is 9.52. The number of sulfonamides is 1. The van der Waals surface area contributed by atoms with E-state index < -0.39 is 32.6 Å². The van der Waals surface area contributed by atoms with Gasteiger partial charge in [-0.2, -0.15) is 4.31 Å². The second kappa shape index (κ2) is 7.20. The van der Waals surface area contributed by atoms with Gasteiger partial charge in [0.25, 0.3) is 0 Å². The predicted molar refractivity (Wildman–Crippen MR) is 91.8 cm³/mol. The van der Waals surface area contributed by atoms with Crippen LogP contribution in [0.5, 0.6) is 11.5 Å². The fourth-order valence-corrected chi connectivity index (χ4v) is 5.07. The normalized spacial score (nSPS) is 18.1. The number of hydrogen-bond donors (Lipinski definition) is 0. The van der Waals surface area contributed by atoms with E-state index in [4.69, 9.17) is 9.47 Å². The van der Waals surface area contributed by atoms with Gasteiger partial charge in [-0.05, 0) is 43.2 Å². The van der Waals surface area contributed by atoms with Gasteiger partial charge in [0.05, 0.1) is 20.3 Å². The van der Waals surface area contributed by atoms with Gasteiger partial charge in [0, 0.05) is 12.1 Å². The molecular formula is C18H19F2NO4S. The summed E-state index contributed by atoms with van der Waals surface area (Å²) in [6.45, 7) is 0.168. The third-order valence-corrected chi connectivity index (χ3v) is 6.45. The van der Waals surface area contributed by atoms with Crippen LogP contribution in [0.2, 0.25) is 0 Å². The van der Waals surface area contributed by atoms with E-state index in [1.807, 2.05) is 0 Å². The quantitative estimate of drug-likeness (QED) is 0.793. The van der Waals surface area contributed by atoms with Crippen LogP contribution >= 0.6 is 0 Å². The first-order valence-electron chi connectivity index (χ1n) is 8.08. The summed E-state index contributed by atoms with van der Waals surface area (Å²) >= 11 is 0. The smallest absolute Gasteiger partial charge is 0.249 e. The van der Waals surface area contributed by atoms with Crippen LogP contribution in [-0.2, 0) is 10.0 Å². The van der Waals surface area contributed by atoms with Gasteiger partial charge < -0.3 is 9.47 Å². The summed E-state index contributed by atoms with van der Waals surface area (Å²) in [5.74, 6) is -1.17. The molecule has 5 nitrogen and oxygen atoms in total. The average Bonchev–Trinajstić information content (AvgIpc) is 3.11. The van der Waals surface area contributed by atoms with Crippen LogP contribution in [0, 0.1) is 11.6 Å². The van der Waals surface area contributed by atoms with Crippen LogP contribution in [0.4, 0.5) is 8.78 Å². The summed E-state index contributed by atoms with van der Waals surface area (Å²) < 4.78 is 65.9. The largest absolute Gasteiger partial charge is 0.497 e. The lowest BCUT2D eigenvalue weighted by Crippen LogP contribution is -2.32. The molecule has 1 aliphatic heterocycles. The molecule has 0 aromatic heterocycles. The summed E-state index contributed by atoms with van der Waals surface area (Å²) in [5, 5.41) is 0. The standard InChI is InChI=1S/C18H19F2NO4S/c1-24-12-8-9-17(25-2)13(11-12)16-7-4-10-21(16)26(22,23)18-14(19)5-3-6-15(18)20/h3,5-6,8-9,11,16H,4,7,10H2,1-2H3/t16-/m0/s1. The first kappa shape index (κ1) is 18.6. The SMILES string of the molecule is COc1ccc(OC)c([C@@H]2CCCN2S(=O)(=O)c2c(F)cccc2F)c1. The van der Waals surface area contributed by atoms with Gasteiger partial charge >= 0.3 is 0 Å². The molecule has 1 aliphatic rings. The molecule has 2 aromatic rings. The van der Waals surface area contributed by atoms with Gasteiger partial charge in [0.2, 0.25) is 10.0 Å². The van der Waals surface area contributed by atoms with Crippen molar-refractivity contribution in [1.29, 1.82) is 0 Å². The number of rotatable bonds is 5. The van der Waals surface area contributed by atoms with E-state index in [1.54, 1.807) is 18.2 Å². The van der Waals surface area contributed by atoms with Crippen molar-refractivity contribution in [3.05, 3.63) is 53.6 Å². The Hall–Kier alpha value is -2.19. The van der Waals surface area contributed by atoms with Crippen molar-refractivity contribution in [2.75, 3.05) is 20.8 Å². The van der Waals surface area contributed by atoms with Crippen LogP contribution in [0.1, 0.15) is 24.4 Å². The van der Waals surface area contributed by atoms with Crippen molar-refractivity contribution in [3.8, 4) is 11.5 Å².